The van der Waals surface area contributed by atoms with Crippen molar-refractivity contribution in [2.75, 3.05) is 0 Å². The number of halogens is 1. The van der Waals surface area contributed by atoms with Crippen LogP contribution in [-0.4, -0.2) is 14.8 Å². The summed E-state index contributed by atoms with van der Waals surface area (Å²) in [5, 5.41) is 7.19. The predicted molar refractivity (Wildman–Crippen MR) is 57.9 cm³/mol. The summed E-state index contributed by atoms with van der Waals surface area (Å²) in [6.45, 7) is 1.33. The molecule has 5 heteroatoms. The molecule has 16 heavy (non-hydrogen) atoms. The highest BCUT2D eigenvalue weighted by atomic mass is 19.1. The molecule has 0 aliphatic heterocycles. The Labute approximate surface area is 93.1 Å². The van der Waals surface area contributed by atoms with Gasteiger partial charge in [0.05, 0.1) is 6.54 Å². The molecule has 0 spiro atoms. The molecule has 0 unspecified atom stereocenters. The zero-order valence-electron chi connectivity index (χ0n) is 9.02. The molecule has 0 saturated carbocycles. The number of nitrogens with one attached hydrogen (secondary N) is 1. The van der Waals surface area contributed by atoms with E-state index in [2.05, 4.69) is 15.4 Å². The number of aryl methyl sites for hydroxylation is 1. The summed E-state index contributed by atoms with van der Waals surface area (Å²) >= 11 is 0. The third kappa shape index (κ3) is 2.64. The standard InChI is InChI=1S/C11H13FN4/c1-16-11(14-8-15-16)7-13-6-9-2-4-10(12)5-3-9/h2-5,8,13H,6-7H2,1H3. The van der Waals surface area contributed by atoms with E-state index in [1.54, 1.807) is 16.8 Å². The summed E-state index contributed by atoms with van der Waals surface area (Å²) in [4.78, 5) is 4.09. The molecule has 84 valence electrons. The maximum atomic E-state index is 12.6. The van der Waals surface area contributed by atoms with Gasteiger partial charge in [0, 0.05) is 13.6 Å². The fourth-order valence-corrected chi connectivity index (χ4v) is 1.40. The Morgan fingerprint density at radius 1 is 1.25 bits per heavy atom. The molecule has 0 bridgehead atoms. The first-order valence-corrected chi connectivity index (χ1v) is 5.04. The van der Waals surface area contributed by atoms with Gasteiger partial charge in [0.25, 0.3) is 0 Å². The van der Waals surface area contributed by atoms with Crippen molar-refractivity contribution >= 4 is 0 Å². The van der Waals surface area contributed by atoms with Crippen LogP contribution in [0.2, 0.25) is 0 Å². The predicted octanol–water partition coefficient (Wildman–Crippen LogP) is 1.24. The normalized spacial score (nSPS) is 10.6. The molecule has 0 radical (unpaired) electrons. The number of hydrogen-bond donors (Lipinski definition) is 1. The number of hydrogen-bond acceptors (Lipinski definition) is 3. The SMILES string of the molecule is Cn1ncnc1CNCc1ccc(F)cc1. The van der Waals surface area contributed by atoms with E-state index in [1.165, 1.54) is 18.5 Å². The number of nitrogens with zero attached hydrogens (tertiary/aromatic N) is 3. The van der Waals surface area contributed by atoms with Gasteiger partial charge in [-0.1, -0.05) is 12.1 Å². The van der Waals surface area contributed by atoms with Crippen LogP contribution < -0.4 is 5.32 Å². The summed E-state index contributed by atoms with van der Waals surface area (Å²) in [7, 11) is 1.85. The van der Waals surface area contributed by atoms with E-state index in [-0.39, 0.29) is 5.82 Å². The van der Waals surface area contributed by atoms with Crippen LogP contribution in [0.4, 0.5) is 4.39 Å². The molecule has 4 nitrogen and oxygen atoms in total. The van der Waals surface area contributed by atoms with Crippen molar-refractivity contribution in [1.29, 1.82) is 0 Å². The number of aromatic nitrogens is 3. The largest absolute Gasteiger partial charge is 0.306 e. The summed E-state index contributed by atoms with van der Waals surface area (Å²) in [5.74, 6) is 0.666. The number of rotatable bonds is 4. The smallest absolute Gasteiger partial charge is 0.140 e. The Hall–Kier alpha value is -1.75. The molecule has 1 heterocycles. The minimum Gasteiger partial charge on any atom is -0.306 e. The van der Waals surface area contributed by atoms with Crippen LogP contribution in [-0.2, 0) is 20.1 Å². The molecular weight excluding hydrogens is 207 g/mol. The average molecular weight is 220 g/mol. The third-order valence-corrected chi connectivity index (χ3v) is 2.33. The first-order chi connectivity index (χ1) is 7.75. The van der Waals surface area contributed by atoms with E-state index < -0.39 is 0 Å². The highest BCUT2D eigenvalue weighted by molar-refractivity contribution is 5.15. The maximum absolute atomic E-state index is 12.6. The molecule has 2 aromatic rings. The van der Waals surface area contributed by atoms with E-state index in [1.807, 2.05) is 7.05 Å². The molecule has 0 saturated heterocycles. The van der Waals surface area contributed by atoms with Gasteiger partial charge in [-0.2, -0.15) is 5.10 Å². The van der Waals surface area contributed by atoms with Crippen molar-refractivity contribution in [3.63, 3.8) is 0 Å². The van der Waals surface area contributed by atoms with E-state index in [9.17, 15) is 4.39 Å². The van der Waals surface area contributed by atoms with E-state index in [0.29, 0.717) is 13.1 Å². The zero-order chi connectivity index (χ0) is 11.4. The lowest BCUT2D eigenvalue weighted by molar-refractivity contribution is 0.609. The summed E-state index contributed by atoms with van der Waals surface area (Å²) in [6, 6.07) is 6.44. The van der Waals surface area contributed by atoms with Crippen molar-refractivity contribution in [3.8, 4) is 0 Å². The topological polar surface area (TPSA) is 42.7 Å². The van der Waals surface area contributed by atoms with Gasteiger partial charge in [0.15, 0.2) is 0 Å². The molecule has 0 atom stereocenters. The van der Waals surface area contributed by atoms with Gasteiger partial charge in [-0.25, -0.2) is 9.37 Å². The van der Waals surface area contributed by atoms with Gasteiger partial charge in [-0.3, -0.25) is 4.68 Å². The van der Waals surface area contributed by atoms with Gasteiger partial charge in [-0.05, 0) is 17.7 Å². The van der Waals surface area contributed by atoms with Crippen LogP contribution in [0.25, 0.3) is 0 Å². The van der Waals surface area contributed by atoms with Gasteiger partial charge in [0.1, 0.15) is 18.0 Å². The Morgan fingerprint density at radius 2 is 2.00 bits per heavy atom. The van der Waals surface area contributed by atoms with E-state index >= 15 is 0 Å². The fraction of sp³-hybridized carbons (Fsp3) is 0.273. The molecule has 0 aliphatic rings. The van der Waals surface area contributed by atoms with Gasteiger partial charge < -0.3 is 5.32 Å². The van der Waals surface area contributed by atoms with Crippen LogP contribution in [0.3, 0.4) is 0 Å². The van der Waals surface area contributed by atoms with Crippen molar-refractivity contribution < 1.29 is 4.39 Å². The van der Waals surface area contributed by atoms with Crippen LogP contribution in [0.1, 0.15) is 11.4 Å². The van der Waals surface area contributed by atoms with E-state index in [4.69, 9.17) is 0 Å². The van der Waals surface area contributed by atoms with Gasteiger partial charge in [-0.15, -0.1) is 0 Å². The van der Waals surface area contributed by atoms with Crippen molar-refractivity contribution in [2.45, 2.75) is 13.1 Å². The van der Waals surface area contributed by atoms with Gasteiger partial charge in [0.2, 0.25) is 0 Å². The second kappa shape index (κ2) is 4.85. The summed E-state index contributed by atoms with van der Waals surface area (Å²) in [5.41, 5.74) is 1.04. The van der Waals surface area contributed by atoms with Crippen LogP contribution in [0.5, 0.6) is 0 Å². The van der Waals surface area contributed by atoms with E-state index in [0.717, 1.165) is 11.4 Å². The zero-order valence-corrected chi connectivity index (χ0v) is 9.02. The second-order valence-corrected chi connectivity index (χ2v) is 3.53. The molecule has 1 N–H and O–H groups in total. The Bertz CT molecular complexity index is 449. The lowest BCUT2D eigenvalue weighted by Gasteiger charge is -2.04. The maximum Gasteiger partial charge on any atom is 0.140 e. The quantitative estimate of drug-likeness (QED) is 0.843. The van der Waals surface area contributed by atoms with Crippen LogP contribution in [0, 0.1) is 5.82 Å². The summed E-state index contributed by atoms with van der Waals surface area (Å²) < 4.78 is 14.4. The minimum absolute atomic E-state index is 0.211. The van der Waals surface area contributed by atoms with Crippen molar-refractivity contribution in [3.05, 3.63) is 47.8 Å². The monoisotopic (exact) mass is 220 g/mol. The first kappa shape index (κ1) is 10.8. The van der Waals surface area contributed by atoms with Crippen LogP contribution >= 0.6 is 0 Å². The second-order valence-electron chi connectivity index (χ2n) is 3.53. The molecule has 0 aliphatic carbocycles. The lowest BCUT2D eigenvalue weighted by Crippen LogP contribution is -2.16. The summed E-state index contributed by atoms with van der Waals surface area (Å²) in [6.07, 6.45) is 1.52. The Kier molecular flexibility index (Phi) is 3.26. The van der Waals surface area contributed by atoms with Crippen LogP contribution in [0.15, 0.2) is 30.6 Å². The highest BCUT2D eigenvalue weighted by Gasteiger charge is 1.99. The fourth-order valence-electron chi connectivity index (χ4n) is 1.40. The lowest BCUT2D eigenvalue weighted by atomic mass is 10.2. The van der Waals surface area contributed by atoms with Gasteiger partial charge >= 0.3 is 0 Å². The first-order valence-electron chi connectivity index (χ1n) is 5.04. The Balaban J connectivity index is 1.84. The highest BCUT2D eigenvalue weighted by Crippen LogP contribution is 2.02. The average Bonchev–Trinajstić information content (AvgIpc) is 2.68. The molecular formula is C11H13FN4. The molecule has 0 amide bonds. The Morgan fingerprint density at radius 3 is 2.62 bits per heavy atom. The molecule has 1 aromatic carbocycles. The minimum atomic E-state index is -0.211. The molecule has 1 aromatic heterocycles. The number of benzene rings is 1. The van der Waals surface area contributed by atoms with Crippen molar-refractivity contribution in [2.24, 2.45) is 7.05 Å². The molecule has 0 fully saturated rings. The third-order valence-electron chi connectivity index (χ3n) is 2.33. The van der Waals surface area contributed by atoms with Crippen molar-refractivity contribution in [1.82, 2.24) is 20.1 Å². The molecule has 2 rings (SSSR count).